The van der Waals surface area contributed by atoms with Gasteiger partial charge in [-0.25, -0.2) is 0 Å². The number of rotatable bonds is 4. The predicted octanol–water partition coefficient (Wildman–Crippen LogP) is 3.75. The number of nitrogens with one attached hydrogen (secondary N) is 1. The summed E-state index contributed by atoms with van der Waals surface area (Å²) in [6, 6.07) is 14.6. The Morgan fingerprint density at radius 2 is 1.74 bits per heavy atom. The molecule has 2 aromatic carbocycles. The lowest BCUT2D eigenvalue weighted by Crippen LogP contribution is -2.44. The van der Waals surface area contributed by atoms with Gasteiger partial charge in [0, 0.05) is 16.7 Å². The topological polar surface area (TPSA) is 96.9 Å². The number of carbonyl (C=O) groups excluding carboxylic acids is 2. The zero-order chi connectivity index (χ0) is 19.6. The van der Waals surface area contributed by atoms with Gasteiger partial charge in [0.05, 0.1) is 11.4 Å². The van der Waals surface area contributed by atoms with Gasteiger partial charge in [-0.15, -0.1) is 5.11 Å². The summed E-state index contributed by atoms with van der Waals surface area (Å²) in [6.45, 7) is 5.61. The van der Waals surface area contributed by atoms with Crippen LogP contribution in [0.4, 0.5) is 5.69 Å². The maximum absolute atomic E-state index is 12.1. The number of ketones is 1. The minimum Gasteiger partial charge on any atom is -0.377 e. The van der Waals surface area contributed by atoms with Crippen molar-refractivity contribution in [2.75, 3.05) is 0 Å². The van der Waals surface area contributed by atoms with E-state index in [1.54, 1.807) is 24.3 Å². The van der Waals surface area contributed by atoms with E-state index in [9.17, 15) is 9.59 Å². The van der Waals surface area contributed by atoms with E-state index in [1.165, 1.54) is 6.92 Å². The van der Waals surface area contributed by atoms with Crippen LogP contribution in [0.5, 0.6) is 0 Å². The fourth-order valence-corrected chi connectivity index (χ4v) is 3.12. The molecular weight excluding hydrogens is 340 g/mol. The lowest BCUT2D eigenvalue weighted by Gasteiger charge is -2.35. The largest absolute Gasteiger partial charge is 0.377 e. The highest BCUT2D eigenvalue weighted by molar-refractivity contribution is 6.00. The zero-order valence-corrected chi connectivity index (χ0v) is 15.6. The Hall–Kier alpha value is -3.28. The van der Waals surface area contributed by atoms with E-state index in [-0.39, 0.29) is 17.0 Å². The molecule has 0 fully saturated rings. The average Bonchev–Trinajstić information content (AvgIpc) is 2.61. The van der Waals surface area contributed by atoms with Crippen LogP contribution in [0.2, 0.25) is 0 Å². The summed E-state index contributed by atoms with van der Waals surface area (Å²) in [4.78, 5) is 23.5. The third-order valence-corrected chi connectivity index (χ3v) is 4.39. The number of amides is 1. The normalized spacial score (nSPS) is 17.1. The van der Waals surface area contributed by atoms with Crippen LogP contribution >= 0.6 is 0 Å². The summed E-state index contributed by atoms with van der Waals surface area (Å²) in [7, 11) is 0. The van der Waals surface area contributed by atoms with E-state index in [0.29, 0.717) is 16.9 Å². The van der Waals surface area contributed by atoms with Crippen molar-refractivity contribution < 1.29 is 9.59 Å². The Labute approximate surface area is 158 Å². The Bertz CT molecular complexity index is 956. The summed E-state index contributed by atoms with van der Waals surface area (Å²) in [5, 5.41) is 11.6. The lowest BCUT2D eigenvalue weighted by molar-refractivity contribution is -0.114. The number of hydrogen-bond acceptors (Lipinski definition) is 5. The number of nitrogens with zero attached hydrogens (tertiary/aromatic N) is 2. The molecule has 0 aliphatic carbocycles. The first-order valence-electron chi connectivity index (χ1n) is 8.70. The zero-order valence-electron chi connectivity index (χ0n) is 15.6. The van der Waals surface area contributed by atoms with E-state index < -0.39 is 5.91 Å². The van der Waals surface area contributed by atoms with Crippen LogP contribution in [-0.2, 0) is 11.2 Å². The molecule has 1 aliphatic heterocycles. The van der Waals surface area contributed by atoms with Crippen LogP contribution in [0, 0.1) is 0 Å². The molecule has 6 nitrogen and oxygen atoms in total. The molecule has 1 amide bonds. The molecule has 3 rings (SSSR count). The van der Waals surface area contributed by atoms with Crippen LogP contribution in [0.3, 0.4) is 0 Å². The van der Waals surface area contributed by atoms with Crippen LogP contribution in [0.15, 0.2) is 64.5 Å². The molecule has 1 heterocycles. The van der Waals surface area contributed by atoms with Crippen molar-refractivity contribution in [1.82, 2.24) is 5.32 Å². The number of nitrogens with two attached hydrogens (primary N) is 1. The van der Waals surface area contributed by atoms with Gasteiger partial charge in [0.15, 0.2) is 11.5 Å². The smallest absolute Gasteiger partial charge is 0.271 e. The highest BCUT2D eigenvalue weighted by Gasteiger charge is 2.30. The SMILES string of the molecule is CC(=O)c1ccc(/N=N/C(C(N)=O)=C2\NC(C)(C)Cc3ccccc32)cc1. The van der Waals surface area contributed by atoms with Crippen molar-refractivity contribution in [3.8, 4) is 0 Å². The van der Waals surface area contributed by atoms with Crippen LogP contribution in [-0.4, -0.2) is 17.2 Å². The molecule has 1 aliphatic rings. The summed E-state index contributed by atoms with van der Waals surface area (Å²) >= 11 is 0. The van der Waals surface area contributed by atoms with Crippen molar-refractivity contribution in [3.63, 3.8) is 0 Å². The van der Waals surface area contributed by atoms with Gasteiger partial charge in [-0.1, -0.05) is 24.3 Å². The second-order valence-electron chi connectivity index (χ2n) is 7.23. The van der Waals surface area contributed by atoms with E-state index >= 15 is 0 Å². The first-order chi connectivity index (χ1) is 12.8. The molecule has 0 aromatic heterocycles. The summed E-state index contributed by atoms with van der Waals surface area (Å²) in [5.41, 5.74) is 9.16. The van der Waals surface area contributed by atoms with E-state index in [1.807, 2.05) is 24.3 Å². The van der Waals surface area contributed by atoms with Crippen LogP contribution in [0.25, 0.3) is 5.70 Å². The number of benzene rings is 2. The maximum Gasteiger partial charge on any atom is 0.271 e. The monoisotopic (exact) mass is 362 g/mol. The molecule has 138 valence electrons. The molecule has 0 saturated heterocycles. The third-order valence-electron chi connectivity index (χ3n) is 4.39. The summed E-state index contributed by atoms with van der Waals surface area (Å²) < 4.78 is 0. The number of carbonyl (C=O) groups is 2. The van der Waals surface area contributed by atoms with Crippen molar-refractivity contribution in [2.45, 2.75) is 32.7 Å². The standard InChI is InChI=1S/C21H22N4O2/c1-13(26)14-8-10-16(11-9-14)24-25-19(20(22)27)18-17-7-5-4-6-15(17)12-21(2,3)23-18/h4-11,23H,12H2,1-3H3,(H2,22,27)/b19-18-,25-24+. The van der Waals surface area contributed by atoms with E-state index in [0.717, 1.165) is 17.5 Å². The molecule has 27 heavy (non-hydrogen) atoms. The number of hydrogen-bond donors (Lipinski definition) is 2. The quantitative estimate of drug-likeness (QED) is 0.492. The molecule has 2 aromatic rings. The van der Waals surface area contributed by atoms with Gasteiger partial charge in [0.25, 0.3) is 5.91 Å². The van der Waals surface area contributed by atoms with Crippen molar-refractivity contribution in [3.05, 3.63) is 70.9 Å². The molecule has 3 N–H and O–H groups in total. The van der Waals surface area contributed by atoms with Crippen molar-refractivity contribution >= 4 is 23.1 Å². The molecular formula is C21H22N4O2. The Morgan fingerprint density at radius 1 is 1.07 bits per heavy atom. The fraction of sp³-hybridized carbons (Fsp3) is 0.238. The van der Waals surface area contributed by atoms with Gasteiger partial charge in [-0.2, -0.15) is 5.11 Å². The lowest BCUT2D eigenvalue weighted by atomic mass is 9.85. The summed E-state index contributed by atoms with van der Waals surface area (Å²) in [5.74, 6) is -0.683. The number of azo groups is 1. The molecule has 0 unspecified atom stereocenters. The molecule has 0 atom stereocenters. The molecule has 0 radical (unpaired) electrons. The highest BCUT2D eigenvalue weighted by atomic mass is 16.1. The molecule has 0 spiro atoms. The highest BCUT2D eigenvalue weighted by Crippen LogP contribution is 2.32. The minimum absolute atomic E-state index is 0.0244. The Kier molecular flexibility index (Phi) is 4.90. The number of primary amides is 1. The molecule has 0 saturated carbocycles. The fourth-order valence-electron chi connectivity index (χ4n) is 3.12. The van der Waals surface area contributed by atoms with Crippen LogP contribution < -0.4 is 11.1 Å². The first-order valence-corrected chi connectivity index (χ1v) is 8.70. The molecule has 6 heteroatoms. The van der Waals surface area contributed by atoms with Gasteiger partial charge < -0.3 is 11.1 Å². The van der Waals surface area contributed by atoms with E-state index in [4.69, 9.17) is 5.73 Å². The van der Waals surface area contributed by atoms with Gasteiger partial charge in [-0.05, 0) is 57.0 Å². The van der Waals surface area contributed by atoms with Crippen molar-refractivity contribution in [2.24, 2.45) is 16.0 Å². The number of fused-ring (bicyclic) bond motifs is 1. The predicted molar refractivity (Wildman–Crippen MR) is 104 cm³/mol. The van der Waals surface area contributed by atoms with Gasteiger partial charge in [0.2, 0.25) is 0 Å². The molecule has 0 bridgehead atoms. The third kappa shape index (κ3) is 4.11. The Balaban J connectivity index is 2.04. The minimum atomic E-state index is -0.658. The second kappa shape index (κ2) is 7.15. The second-order valence-corrected chi connectivity index (χ2v) is 7.23. The van der Waals surface area contributed by atoms with Crippen molar-refractivity contribution in [1.29, 1.82) is 0 Å². The van der Waals surface area contributed by atoms with Crippen LogP contribution in [0.1, 0.15) is 42.3 Å². The Morgan fingerprint density at radius 3 is 2.37 bits per heavy atom. The van der Waals surface area contributed by atoms with Gasteiger partial charge >= 0.3 is 0 Å². The first kappa shape index (κ1) is 18.5. The van der Waals surface area contributed by atoms with E-state index in [2.05, 4.69) is 29.4 Å². The number of Topliss-reactive ketones (excluding diaryl/α,β-unsaturated/α-hetero) is 1. The summed E-state index contributed by atoms with van der Waals surface area (Å²) in [6.07, 6.45) is 0.822. The van der Waals surface area contributed by atoms with Gasteiger partial charge in [-0.3, -0.25) is 9.59 Å². The average molecular weight is 362 g/mol. The van der Waals surface area contributed by atoms with Gasteiger partial charge in [0.1, 0.15) is 0 Å². The maximum atomic E-state index is 12.1.